The van der Waals surface area contributed by atoms with Crippen molar-refractivity contribution in [3.8, 4) is 0 Å². The second-order valence-electron chi connectivity index (χ2n) is 5.84. The first-order chi connectivity index (χ1) is 8.93. The molecule has 5 nitrogen and oxygen atoms in total. The minimum atomic E-state index is -0.762. The van der Waals surface area contributed by atoms with Gasteiger partial charge >= 0.3 is 5.97 Å². The molecule has 1 aliphatic heterocycles. The molecule has 0 radical (unpaired) electrons. The number of carboxylic acids is 1. The van der Waals surface area contributed by atoms with Gasteiger partial charge in [0.25, 0.3) is 0 Å². The third kappa shape index (κ3) is 5.47. The number of hydrogen-bond acceptors (Lipinski definition) is 4. The van der Waals surface area contributed by atoms with Crippen LogP contribution in [0.5, 0.6) is 0 Å². The molecule has 112 valence electrons. The number of rotatable bonds is 7. The van der Waals surface area contributed by atoms with Gasteiger partial charge in [-0.05, 0) is 25.3 Å². The highest BCUT2D eigenvalue weighted by Crippen LogP contribution is 2.19. The molecule has 0 aromatic heterocycles. The molecule has 3 unspecified atom stereocenters. The fraction of sp³-hybridized carbons (Fsp3) is 0.929. The Labute approximate surface area is 116 Å². The van der Waals surface area contributed by atoms with Crippen molar-refractivity contribution in [2.45, 2.75) is 51.8 Å². The first-order valence-electron chi connectivity index (χ1n) is 7.18. The van der Waals surface area contributed by atoms with Gasteiger partial charge in [-0.1, -0.05) is 20.8 Å². The van der Waals surface area contributed by atoms with E-state index in [0.717, 1.165) is 26.1 Å². The molecule has 19 heavy (non-hydrogen) atoms. The summed E-state index contributed by atoms with van der Waals surface area (Å²) < 4.78 is 5.48. The summed E-state index contributed by atoms with van der Waals surface area (Å²) in [5.74, 6) is -0.173. The van der Waals surface area contributed by atoms with Crippen LogP contribution >= 0.6 is 0 Å². The molecule has 3 atom stereocenters. The molecule has 1 heterocycles. The van der Waals surface area contributed by atoms with E-state index in [1.165, 1.54) is 0 Å². The lowest BCUT2D eigenvalue weighted by Crippen LogP contribution is -2.47. The molecular formula is C14H28N2O3. The van der Waals surface area contributed by atoms with Crippen LogP contribution in [0.15, 0.2) is 0 Å². The largest absolute Gasteiger partial charge is 0.480 e. The Balaban J connectivity index is 2.39. The fourth-order valence-corrected chi connectivity index (χ4v) is 2.60. The van der Waals surface area contributed by atoms with Crippen molar-refractivity contribution in [1.29, 1.82) is 0 Å². The van der Waals surface area contributed by atoms with Crippen LogP contribution in [0.1, 0.15) is 33.6 Å². The Morgan fingerprint density at radius 3 is 2.74 bits per heavy atom. The Kier molecular flexibility index (Phi) is 6.75. The molecule has 5 heteroatoms. The topological polar surface area (TPSA) is 61.8 Å². The van der Waals surface area contributed by atoms with Crippen molar-refractivity contribution in [3.05, 3.63) is 0 Å². The van der Waals surface area contributed by atoms with Crippen LogP contribution in [0.4, 0.5) is 0 Å². The molecule has 1 fully saturated rings. The monoisotopic (exact) mass is 272 g/mol. The lowest BCUT2D eigenvalue weighted by molar-refractivity contribution is -0.140. The van der Waals surface area contributed by atoms with Crippen LogP contribution in [0.3, 0.4) is 0 Å². The van der Waals surface area contributed by atoms with Gasteiger partial charge in [0.15, 0.2) is 0 Å². The number of nitrogens with one attached hydrogen (secondary N) is 1. The number of nitrogens with zero attached hydrogens (tertiary/aromatic N) is 1. The average Bonchev–Trinajstić information content (AvgIpc) is 2.35. The second kappa shape index (κ2) is 7.82. The van der Waals surface area contributed by atoms with Gasteiger partial charge in [-0.2, -0.15) is 0 Å². The van der Waals surface area contributed by atoms with E-state index in [1.807, 2.05) is 13.8 Å². The standard InChI is InChI=1S/C14H28N2O3/c1-10(2)15-12(14(17)18)6-8-16-7-5-11(3)13(9-16)19-4/h10-13,15H,5-9H2,1-4H3,(H,17,18). The van der Waals surface area contributed by atoms with Crippen LogP contribution in [0.25, 0.3) is 0 Å². The molecule has 0 aliphatic carbocycles. The van der Waals surface area contributed by atoms with Gasteiger partial charge in [-0.25, -0.2) is 0 Å². The van der Waals surface area contributed by atoms with Gasteiger partial charge in [0.05, 0.1) is 6.10 Å². The van der Waals surface area contributed by atoms with Gasteiger partial charge in [0.2, 0.25) is 0 Å². The maximum atomic E-state index is 11.2. The number of methoxy groups -OCH3 is 1. The SMILES string of the molecule is COC1CN(CCC(NC(C)C)C(=O)O)CCC1C. The summed E-state index contributed by atoms with van der Waals surface area (Å²) in [6.45, 7) is 8.91. The Morgan fingerprint density at radius 1 is 1.53 bits per heavy atom. The van der Waals surface area contributed by atoms with Crippen molar-refractivity contribution in [2.75, 3.05) is 26.7 Å². The molecule has 0 bridgehead atoms. The molecule has 0 saturated carbocycles. The predicted molar refractivity (Wildman–Crippen MR) is 75.3 cm³/mol. The predicted octanol–water partition coefficient (Wildman–Crippen LogP) is 1.18. The highest BCUT2D eigenvalue weighted by atomic mass is 16.5. The number of carboxylic acid groups (broad SMARTS) is 1. The third-order valence-electron chi connectivity index (χ3n) is 3.84. The summed E-state index contributed by atoms with van der Waals surface area (Å²) in [7, 11) is 1.75. The van der Waals surface area contributed by atoms with E-state index in [4.69, 9.17) is 4.74 Å². The van der Waals surface area contributed by atoms with Crippen molar-refractivity contribution in [3.63, 3.8) is 0 Å². The molecular weight excluding hydrogens is 244 g/mol. The smallest absolute Gasteiger partial charge is 0.320 e. The van der Waals surface area contributed by atoms with Crippen LogP contribution in [-0.2, 0) is 9.53 Å². The molecule has 0 amide bonds. The number of likely N-dealkylation sites (tertiary alicyclic amines) is 1. The van der Waals surface area contributed by atoms with Crippen LogP contribution in [0.2, 0.25) is 0 Å². The zero-order valence-corrected chi connectivity index (χ0v) is 12.6. The summed E-state index contributed by atoms with van der Waals surface area (Å²) in [6.07, 6.45) is 2.03. The number of ether oxygens (including phenoxy) is 1. The highest BCUT2D eigenvalue weighted by molar-refractivity contribution is 5.73. The van der Waals surface area contributed by atoms with Gasteiger partial charge in [-0.3, -0.25) is 4.79 Å². The second-order valence-corrected chi connectivity index (χ2v) is 5.84. The zero-order valence-electron chi connectivity index (χ0n) is 12.6. The van der Waals surface area contributed by atoms with Crippen molar-refractivity contribution < 1.29 is 14.6 Å². The maximum absolute atomic E-state index is 11.2. The normalized spacial score (nSPS) is 26.6. The third-order valence-corrected chi connectivity index (χ3v) is 3.84. The van der Waals surface area contributed by atoms with Gasteiger partial charge in [-0.15, -0.1) is 0 Å². The first kappa shape index (κ1) is 16.4. The summed E-state index contributed by atoms with van der Waals surface area (Å²) in [6, 6.07) is -0.269. The summed E-state index contributed by atoms with van der Waals surface area (Å²) >= 11 is 0. The quantitative estimate of drug-likeness (QED) is 0.729. The van der Waals surface area contributed by atoms with Gasteiger partial charge in [0.1, 0.15) is 6.04 Å². The number of hydrogen-bond donors (Lipinski definition) is 2. The molecule has 0 aromatic carbocycles. The van der Waals surface area contributed by atoms with Crippen LogP contribution < -0.4 is 5.32 Å². The van der Waals surface area contributed by atoms with E-state index in [9.17, 15) is 9.90 Å². The first-order valence-corrected chi connectivity index (χ1v) is 7.18. The van der Waals surface area contributed by atoms with Gasteiger partial charge in [0, 0.05) is 26.2 Å². The van der Waals surface area contributed by atoms with Crippen molar-refractivity contribution >= 4 is 5.97 Å². The van der Waals surface area contributed by atoms with Gasteiger partial charge < -0.3 is 20.1 Å². The Bertz CT molecular complexity index is 284. The summed E-state index contributed by atoms with van der Waals surface area (Å²) in [5.41, 5.74) is 0. The van der Waals surface area contributed by atoms with Crippen LogP contribution in [-0.4, -0.2) is 60.9 Å². The Morgan fingerprint density at radius 2 is 2.21 bits per heavy atom. The maximum Gasteiger partial charge on any atom is 0.320 e. The lowest BCUT2D eigenvalue weighted by Gasteiger charge is -2.36. The molecule has 0 aromatic rings. The minimum Gasteiger partial charge on any atom is -0.480 e. The number of carbonyl (C=O) groups is 1. The van der Waals surface area contributed by atoms with E-state index < -0.39 is 12.0 Å². The minimum absolute atomic E-state index is 0.189. The van der Waals surface area contributed by atoms with E-state index >= 15 is 0 Å². The van der Waals surface area contributed by atoms with Crippen LogP contribution in [0, 0.1) is 5.92 Å². The van der Waals surface area contributed by atoms with Crippen molar-refractivity contribution in [2.24, 2.45) is 5.92 Å². The average molecular weight is 272 g/mol. The molecule has 2 N–H and O–H groups in total. The van der Waals surface area contributed by atoms with E-state index in [2.05, 4.69) is 17.1 Å². The summed E-state index contributed by atoms with van der Waals surface area (Å²) in [4.78, 5) is 13.5. The zero-order chi connectivity index (χ0) is 14.4. The Hall–Kier alpha value is -0.650. The molecule has 1 saturated heterocycles. The van der Waals surface area contributed by atoms with E-state index in [-0.39, 0.29) is 12.1 Å². The highest BCUT2D eigenvalue weighted by Gasteiger charge is 2.27. The summed E-state index contributed by atoms with van der Waals surface area (Å²) in [5, 5.41) is 12.3. The number of piperidine rings is 1. The lowest BCUT2D eigenvalue weighted by atomic mass is 9.95. The molecule has 1 aliphatic rings. The molecule has 1 rings (SSSR count). The van der Waals surface area contributed by atoms with E-state index in [0.29, 0.717) is 12.3 Å². The molecule has 0 spiro atoms. The number of aliphatic carboxylic acids is 1. The van der Waals surface area contributed by atoms with E-state index in [1.54, 1.807) is 7.11 Å². The fourth-order valence-electron chi connectivity index (χ4n) is 2.60. The van der Waals surface area contributed by atoms with Crippen molar-refractivity contribution in [1.82, 2.24) is 10.2 Å².